The minimum Gasteiger partial charge on any atom is -0.462 e. The summed E-state index contributed by atoms with van der Waals surface area (Å²) in [6, 6.07) is 0. The second-order valence-electron chi connectivity index (χ2n) is 7.76. The Hall–Kier alpha value is -1.62. The summed E-state index contributed by atoms with van der Waals surface area (Å²) in [7, 11) is 1.70. The molecule has 0 radical (unpaired) electrons. The third-order valence-corrected chi connectivity index (χ3v) is 5.58. The van der Waals surface area contributed by atoms with Gasteiger partial charge in [-0.1, -0.05) is 45.9 Å². The molecule has 0 bridgehead atoms. The molecule has 160 valence electrons. The Kier molecular flexibility index (Phi) is 11.1. The molecule has 0 unspecified atom stereocenters. The highest BCUT2D eigenvalue weighted by Crippen LogP contribution is 2.31. The van der Waals surface area contributed by atoms with Gasteiger partial charge in [0.15, 0.2) is 0 Å². The molecule has 0 aliphatic carbocycles. The molecule has 1 heterocycles. The summed E-state index contributed by atoms with van der Waals surface area (Å²) in [5.74, 6) is -0.141. The molecule has 5 heteroatoms. The molecule has 0 N–H and O–H groups in total. The molecule has 0 saturated heterocycles. The van der Waals surface area contributed by atoms with Crippen LogP contribution in [-0.2, 0) is 23.8 Å². The molecule has 0 spiro atoms. The van der Waals surface area contributed by atoms with E-state index in [-0.39, 0.29) is 48.0 Å². The summed E-state index contributed by atoms with van der Waals surface area (Å²) in [5.41, 5.74) is 0. The molecular weight excluding hydrogens is 356 g/mol. The summed E-state index contributed by atoms with van der Waals surface area (Å²) in [4.78, 5) is 24.1. The molecule has 1 aliphatic rings. The van der Waals surface area contributed by atoms with Gasteiger partial charge in [-0.25, -0.2) is 4.79 Å². The first-order chi connectivity index (χ1) is 13.4. The van der Waals surface area contributed by atoms with Crippen molar-refractivity contribution in [3.63, 3.8) is 0 Å². The van der Waals surface area contributed by atoms with Gasteiger partial charge >= 0.3 is 11.9 Å². The molecule has 0 aromatic rings. The third kappa shape index (κ3) is 7.42. The summed E-state index contributed by atoms with van der Waals surface area (Å²) in [6.07, 6.45) is 10.2. The van der Waals surface area contributed by atoms with Crippen LogP contribution in [0.5, 0.6) is 0 Å². The average molecular weight is 395 g/mol. The summed E-state index contributed by atoms with van der Waals surface area (Å²) in [5, 5.41) is 0. The Morgan fingerprint density at radius 3 is 2.61 bits per heavy atom. The maximum atomic E-state index is 12.3. The number of methoxy groups -OCH3 is 1. The largest absolute Gasteiger partial charge is 0.462 e. The Balaban J connectivity index is 3.00. The molecule has 0 amide bonds. The van der Waals surface area contributed by atoms with E-state index in [4.69, 9.17) is 14.2 Å². The minimum absolute atomic E-state index is 0.0202. The molecule has 1 rings (SSSR count). The highest BCUT2D eigenvalue weighted by molar-refractivity contribution is 5.83. The van der Waals surface area contributed by atoms with E-state index in [0.29, 0.717) is 12.8 Å². The zero-order chi connectivity index (χ0) is 21.1. The molecule has 0 aromatic carbocycles. The van der Waals surface area contributed by atoms with Crippen LogP contribution >= 0.6 is 0 Å². The van der Waals surface area contributed by atoms with Crippen molar-refractivity contribution < 1.29 is 23.8 Å². The zero-order valence-corrected chi connectivity index (χ0v) is 18.4. The molecule has 0 saturated carbocycles. The molecule has 5 nitrogen and oxygen atoms in total. The van der Waals surface area contributed by atoms with Crippen molar-refractivity contribution in [2.45, 2.75) is 85.0 Å². The lowest BCUT2D eigenvalue weighted by Gasteiger charge is -2.36. The van der Waals surface area contributed by atoms with Gasteiger partial charge < -0.3 is 14.2 Å². The number of allylic oxidation sites excluding steroid dienone is 2. The van der Waals surface area contributed by atoms with Gasteiger partial charge in [0.2, 0.25) is 0 Å². The normalized spacial score (nSPS) is 23.9. The van der Waals surface area contributed by atoms with Crippen molar-refractivity contribution in [2.24, 2.45) is 17.8 Å². The molecule has 1 aliphatic heterocycles. The average Bonchev–Trinajstić information content (AvgIpc) is 2.66. The summed E-state index contributed by atoms with van der Waals surface area (Å²) in [6.45, 7) is 10.2. The fraction of sp³-hybridized carbons (Fsp3) is 0.739. The third-order valence-electron chi connectivity index (χ3n) is 5.58. The van der Waals surface area contributed by atoms with Crippen LogP contribution in [0, 0.1) is 17.8 Å². The van der Waals surface area contributed by atoms with E-state index >= 15 is 0 Å². The predicted octanol–water partition coefficient (Wildman–Crippen LogP) is 4.85. The van der Waals surface area contributed by atoms with Crippen molar-refractivity contribution >= 4 is 11.9 Å². The lowest BCUT2D eigenvalue weighted by atomic mass is 9.83. The van der Waals surface area contributed by atoms with Gasteiger partial charge in [-0.3, -0.25) is 4.79 Å². The van der Waals surface area contributed by atoms with E-state index in [2.05, 4.69) is 26.8 Å². The van der Waals surface area contributed by atoms with Crippen LogP contribution in [0.25, 0.3) is 0 Å². The van der Waals surface area contributed by atoms with E-state index in [1.54, 1.807) is 7.11 Å². The maximum absolute atomic E-state index is 12.3. The van der Waals surface area contributed by atoms with E-state index in [9.17, 15) is 9.59 Å². The lowest BCUT2D eigenvalue weighted by molar-refractivity contribution is -0.162. The Morgan fingerprint density at radius 2 is 2.04 bits per heavy atom. The first kappa shape index (κ1) is 24.4. The Labute approximate surface area is 170 Å². The van der Waals surface area contributed by atoms with Crippen molar-refractivity contribution in [3.05, 3.63) is 24.3 Å². The lowest BCUT2D eigenvalue weighted by Crippen LogP contribution is -2.42. The number of carbonyl (C=O) groups is 2. The highest BCUT2D eigenvalue weighted by Gasteiger charge is 2.36. The minimum atomic E-state index is -0.365. The number of hydrogen-bond donors (Lipinski definition) is 0. The van der Waals surface area contributed by atoms with E-state index in [1.807, 2.05) is 26.0 Å². The monoisotopic (exact) mass is 394 g/mol. The predicted molar refractivity (Wildman–Crippen MR) is 111 cm³/mol. The van der Waals surface area contributed by atoms with Crippen molar-refractivity contribution in [2.75, 3.05) is 7.11 Å². The van der Waals surface area contributed by atoms with Crippen LogP contribution in [0.2, 0.25) is 0 Å². The first-order valence-corrected chi connectivity index (χ1v) is 10.6. The van der Waals surface area contributed by atoms with Crippen LogP contribution < -0.4 is 0 Å². The number of esters is 2. The summed E-state index contributed by atoms with van der Waals surface area (Å²) >= 11 is 0. The fourth-order valence-electron chi connectivity index (χ4n) is 3.92. The number of rotatable bonds is 12. The van der Waals surface area contributed by atoms with Gasteiger partial charge in [0.25, 0.3) is 0 Å². The van der Waals surface area contributed by atoms with E-state index < -0.39 is 0 Å². The maximum Gasteiger partial charge on any atom is 0.330 e. The fourth-order valence-corrected chi connectivity index (χ4v) is 3.92. The zero-order valence-electron chi connectivity index (χ0n) is 18.4. The topological polar surface area (TPSA) is 61.8 Å². The van der Waals surface area contributed by atoms with Crippen LogP contribution in [0.4, 0.5) is 0 Å². The number of cyclic esters (lactones) is 1. The van der Waals surface area contributed by atoms with Gasteiger partial charge in [-0.05, 0) is 32.1 Å². The first-order valence-electron chi connectivity index (χ1n) is 10.6. The quantitative estimate of drug-likeness (QED) is 0.350. The Bertz CT molecular complexity index is 539. The van der Waals surface area contributed by atoms with Crippen molar-refractivity contribution in [1.82, 2.24) is 0 Å². The highest BCUT2D eigenvalue weighted by atomic mass is 16.6. The molecule has 6 atom stereocenters. The van der Waals surface area contributed by atoms with Gasteiger partial charge in [-0.15, -0.1) is 0 Å². The molecule has 0 fully saturated rings. The van der Waals surface area contributed by atoms with Crippen LogP contribution in [-0.4, -0.2) is 37.4 Å². The SMILES string of the molecule is C/C=C/C[C@H](C)[C@@H](OC)[C@@H](C)[C@@H](C[C@H]1OC(=O)C=C[C@H]1CC)OC(=O)CCC. The van der Waals surface area contributed by atoms with Gasteiger partial charge in [0.05, 0.1) is 6.10 Å². The second-order valence-corrected chi connectivity index (χ2v) is 7.76. The standard InChI is InChI=1S/C23H38O5/c1-7-10-12-16(4)23(26-6)17(5)19(27-21(24)11-8-2)15-20-18(9-3)13-14-22(25)28-20/h7,10,13-14,16-20,23H,8-9,11-12,15H2,1-6H3/b10-7+/t16-,17-,18+,19+,20+,23+/m0/s1. The molecule has 28 heavy (non-hydrogen) atoms. The van der Waals surface area contributed by atoms with E-state index in [0.717, 1.165) is 19.3 Å². The molecular formula is C23H38O5. The number of carbonyl (C=O) groups excluding carboxylic acids is 2. The van der Waals surface area contributed by atoms with Crippen LogP contribution in [0.15, 0.2) is 24.3 Å². The summed E-state index contributed by atoms with van der Waals surface area (Å²) < 4.78 is 17.3. The van der Waals surface area contributed by atoms with Gasteiger partial charge in [0, 0.05) is 37.9 Å². The second kappa shape index (κ2) is 12.8. The number of hydrogen-bond acceptors (Lipinski definition) is 5. The van der Waals surface area contributed by atoms with Gasteiger partial charge in [-0.2, -0.15) is 0 Å². The molecule has 0 aromatic heterocycles. The van der Waals surface area contributed by atoms with Crippen molar-refractivity contribution in [3.8, 4) is 0 Å². The smallest absolute Gasteiger partial charge is 0.330 e. The van der Waals surface area contributed by atoms with E-state index in [1.165, 1.54) is 6.08 Å². The van der Waals surface area contributed by atoms with Crippen molar-refractivity contribution in [1.29, 1.82) is 0 Å². The van der Waals surface area contributed by atoms with Gasteiger partial charge in [0.1, 0.15) is 12.2 Å². The Morgan fingerprint density at radius 1 is 1.32 bits per heavy atom. The van der Waals surface area contributed by atoms with Crippen LogP contribution in [0.1, 0.15) is 66.7 Å². The number of ether oxygens (including phenoxy) is 3. The van der Waals surface area contributed by atoms with Crippen LogP contribution in [0.3, 0.4) is 0 Å².